The normalized spacial score (nSPS) is 14.4. The molecule has 25 heavy (non-hydrogen) atoms. The van der Waals surface area contributed by atoms with Crippen LogP contribution >= 0.6 is 15.9 Å². The second-order valence-corrected chi connectivity index (χ2v) is 6.55. The Labute approximate surface area is 153 Å². The van der Waals surface area contributed by atoms with Gasteiger partial charge in [0.25, 0.3) is 0 Å². The fourth-order valence-electron chi connectivity index (χ4n) is 2.48. The lowest BCUT2D eigenvalue weighted by Crippen LogP contribution is -2.25. The van der Waals surface area contributed by atoms with Crippen molar-refractivity contribution < 1.29 is 18.7 Å². The van der Waals surface area contributed by atoms with E-state index in [4.69, 9.17) is 9.47 Å². The number of carbonyl (C=O) groups excluding carboxylic acids is 1. The summed E-state index contributed by atoms with van der Waals surface area (Å²) in [5.41, 5.74) is 1.25. The van der Waals surface area contributed by atoms with Gasteiger partial charge < -0.3 is 14.8 Å². The molecule has 0 saturated heterocycles. The molecule has 3 rings (SSSR count). The number of carbonyl (C=O) groups is 1. The average Bonchev–Trinajstić information content (AvgIpc) is 2.62. The number of rotatable bonds is 4. The molecule has 0 radical (unpaired) electrons. The first-order valence-electron chi connectivity index (χ1n) is 7.86. The zero-order valence-electron chi connectivity index (χ0n) is 13.6. The SMILES string of the molecule is CC(NC(=O)C=Cc1cc(Br)ccc1F)c1ccc2c(c1)OCCO2. The Kier molecular flexibility index (Phi) is 5.38. The second kappa shape index (κ2) is 7.70. The van der Waals surface area contributed by atoms with Gasteiger partial charge in [-0.15, -0.1) is 0 Å². The van der Waals surface area contributed by atoms with E-state index in [1.807, 2.05) is 25.1 Å². The molecule has 0 aliphatic carbocycles. The van der Waals surface area contributed by atoms with E-state index >= 15 is 0 Å². The van der Waals surface area contributed by atoms with Gasteiger partial charge in [-0.05, 0) is 48.9 Å². The van der Waals surface area contributed by atoms with Gasteiger partial charge in [0.1, 0.15) is 19.0 Å². The zero-order chi connectivity index (χ0) is 17.8. The van der Waals surface area contributed by atoms with E-state index in [2.05, 4.69) is 21.2 Å². The molecule has 2 aromatic carbocycles. The average molecular weight is 406 g/mol. The number of hydrogen-bond acceptors (Lipinski definition) is 3. The molecular formula is C19H17BrFNO3. The van der Waals surface area contributed by atoms with Gasteiger partial charge in [0.2, 0.25) is 5.91 Å². The van der Waals surface area contributed by atoms with Crippen LogP contribution in [0.2, 0.25) is 0 Å². The molecule has 6 heteroatoms. The van der Waals surface area contributed by atoms with E-state index in [9.17, 15) is 9.18 Å². The molecule has 0 saturated carbocycles. The molecule has 4 nitrogen and oxygen atoms in total. The predicted octanol–water partition coefficient (Wildman–Crippen LogP) is 4.25. The topological polar surface area (TPSA) is 47.6 Å². The summed E-state index contributed by atoms with van der Waals surface area (Å²) in [5.74, 6) is 0.698. The van der Waals surface area contributed by atoms with Crippen molar-refractivity contribution in [3.8, 4) is 11.5 Å². The minimum absolute atomic E-state index is 0.222. The zero-order valence-corrected chi connectivity index (χ0v) is 15.2. The third-order valence-corrected chi connectivity index (χ3v) is 4.29. The molecule has 1 unspecified atom stereocenters. The van der Waals surface area contributed by atoms with E-state index in [1.165, 1.54) is 18.2 Å². The van der Waals surface area contributed by atoms with Crippen LogP contribution in [-0.4, -0.2) is 19.1 Å². The summed E-state index contributed by atoms with van der Waals surface area (Å²) in [6, 6.07) is 9.92. The lowest BCUT2D eigenvalue weighted by atomic mass is 10.1. The standard InChI is InChI=1S/C19H17BrFNO3/c1-12(13-2-6-17-18(11-13)25-9-8-24-17)22-19(23)7-3-14-10-15(20)4-5-16(14)21/h2-7,10-12H,8-9H2,1H3,(H,22,23). The molecule has 1 amide bonds. The fourth-order valence-corrected chi connectivity index (χ4v) is 2.86. The minimum atomic E-state index is -0.382. The highest BCUT2D eigenvalue weighted by Crippen LogP contribution is 2.32. The van der Waals surface area contributed by atoms with Crippen LogP contribution in [-0.2, 0) is 4.79 Å². The lowest BCUT2D eigenvalue weighted by molar-refractivity contribution is -0.117. The maximum atomic E-state index is 13.7. The Morgan fingerprint density at radius 3 is 2.76 bits per heavy atom. The highest BCUT2D eigenvalue weighted by Gasteiger charge is 2.15. The third-order valence-electron chi connectivity index (χ3n) is 3.80. The van der Waals surface area contributed by atoms with Crippen LogP contribution in [0.1, 0.15) is 24.1 Å². The molecular weight excluding hydrogens is 389 g/mol. The van der Waals surface area contributed by atoms with Crippen molar-refractivity contribution >= 4 is 27.9 Å². The molecule has 1 heterocycles. The van der Waals surface area contributed by atoms with Gasteiger partial charge in [0.15, 0.2) is 11.5 Å². The summed E-state index contributed by atoms with van der Waals surface area (Å²) in [7, 11) is 0. The molecule has 1 N–H and O–H groups in total. The van der Waals surface area contributed by atoms with Gasteiger partial charge in [0, 0.05) is 16.1 Å². The van der Waals surface area contributed by atoms with Crippen molar-refractivity contribution in [2.75, 3.05) is 13.2 Å². The molecule has 2 aromatic rings. The molecule has 1 aliphatic rings. The van der Waals surface area contributed by atoms with Gasteiger partial charge in [-0.3, -0.25) is 4.79 Å². The highest BCUT2D eigenvalue weighted by atomic mass is 79.9. The maximum absolute atomic E-state index is 13.7. The van der Waals surface area contributed by atoms with Crippen LogP contribution in [0.3, 0.4) is 0 Å². The van der Waals surface area contributed by atoms with Crippen molar-refractivity contribution in [3.05, 3.63) is 63.9 Å². The van der Waals surface area contributed by atoms with Gasteiger partial charge in [-0.25, -0.2) is 4.39 Å². The summed E-state index contributed by atoms with van der Waals surface area (Å²) in [4.78, 5) is 12.1. The molecule has 0 spiro atoms. The van der Waals surface area contributed by atoms with Crippen LogP contribution in [0.15, 0.2) is 46.9 Å². The fraction of sp³-hybridized carbons (Fsp3) is 0.211. The molecule has 0 bridgehead atoms. The number of ether oxygens (including phenoxy) is 2. The van der Waals surface area contributed by atoms with Gasteiger partial charge in [-0.1, -0.05) is 22.0 Å². The number of benzene rings is 2. The monoisotopic (exact) mass is 405 g/mol. The van der Waals surface area contributed by atoms with E-state index in [0.29, 0.717) is 30.3 Å². The Hall–Kier alpha value is -2.34. The minimum Gasteiger partial charge on any atom is -0.486 e. The summed E-state index contributed by atoms with van der Waals surface area (Å²) in [6.07, 6.45) is 2.77. The smallest absolute Gasteiger partial charge is 0.244 e. The third kappa shape index (κ3) is 4.39. The summed E-state index contributed by atoms with van der Waals surface area (Å²) in [6.45, 7) is 2.92. The first kappa shape index (κ1) is 17.5. The maximum Gasteiger partial charge on any atom is 0.244 e. The molecule has 130 valence electrons. The second-order valence-electron chi connectivity index (χ2n) is 5.63. The van der Waals surface area contributed by atoms with E-state index in [-0.39, 0.29) is 17.8 Å². The van der Waals surface area contributed by atoms with E-state index in [1.54, 1.807) is 12.1 Å². The van der Waals surface area contributed by atoms with Crippen LogP contribution in [0, 0.1) is 5.82 Å². The number of fused-ring (bicyclic) bond motifs is 1. The number of hydrogen-bond donors (Lipinski definition) is 1. The predicted molar refractivity (Wildman–Crippen MR) is 97.1 cm³/mol. The first-order valence-corrected chi connectivity index (χ1v) is 8.65. The summed E-state index contributed by atoms with van der Waals surface area (Å²) >= 11 is 3.28. The Morgan fingerprint density at radius 1 is 1.20 bits per heavy atom. The Balaban J connectivity index is 1.66. The Bertz CT molecular complexity index is 822. The van der Waals surface area contributed by atoms with Crippen LogP contribution in [0.25, 0.3) is 6.08 Å². The highest BCUT2D eigenvalue weighted by molar-refractivity contribution is 9.10. The van der Waals surface area contributed by atoms with Gasteiger partial charge in [0.05, 0.1) is 6.04 Å². The van der Waals surface area contributed by atoms with Crippen molar-refractivity contribution in [3.63, 3.8) is 0 Å². The van der Waals surface area contributed by atoms with E-state index in [0.717, 1.165) is 10.0 Å². The summed E-state index contributed by atoms with van der Waals surface area (Å²) < 4.78 is 25.5. The Morgan fingerprint density at radius 2 is 1.96 bits per heavy atom. The first-order chi connectivity index (χ1) is 12.0. The van der Waals surface area contributed by atoms with E-state index < -0.39 is 0 Å². The lowest BCUT2D eigenvalue weighted by Gasteiger charge is -2.20. The van der Waals surface area contributed by atoms with Gasteiger partial charge >= 0.3 is 0 Å². The molecule has 1 atom stereocenters. The molecule has 1 aliphatic heterocycles. The van der Waals surface area contributed by atoms with Crippen molar-refractivity contribution in [1.82, 2.24) is 5.32 Å². The number of amides is 1. The number of halogens is 2. The summed E-state index contributed by atoms with van der Waals surface area (Å²) in [5, 5.41) is 2.85. The largest absolute Gasteiger partial charge is 0.486 e. The van der Waals surface area contributed by atoms with Crippen molar-refractivity contribution in [2.45, 2.75) is 13.0 Å². The number of nitrogens with one attached hydrogen (secondary N) is 1. The van der Waals surface area contributed by atoms with Crippen molar-refractivity contribution in [2.24, 2.45) is 0 Å². The molecule has 0 aromatic heterocycles. The van der Waals surface area contributed by atoms with Crippen LogP contribution in [0.4, 0.5) is 4.39 Å². The van der Waals surface area contributed by atoms with Gasteiger partial charge in [-0.2, -0.15) is 0 Å². The van der Waals surface area contributed by atoms with Crippen molar-refractivity contribution in [1.29, 1.82) is 0 Å². The molecule has 0 fully saturated rings. The quantitative estimate of drug-likeness (QED) is 0.773. The van der Waals surface area contributed by atoms with Crippen LogP contribution < -0.4 is 14.8 Å². The van der Waals surface area contributed by atoms with Crippen LogP contribution in [0.5, 0.6) is 11.5 Å².